The summed E-state index contributed by atoms with van der Waals surface area (Å²) < 4.78 is 33.2. The molecule has 0 atom stereocenters. The maximum Gasteiger partial charge on any atom is 0.331 e. The number of alkyl halides is 2. The predicted octanol–water partition coefficient (Wildman–Crippen LogP) is 2.89. The summed E-state index contributed by atoms with van der Waals surface area (Å²) in [5.41, 5.74) is 0.375. The lowest BCUT2D eigenvalue weighted by molar-refractivity contribution is 0.116. The van der Waals surface area contributed by atoms with Crippen molar-refractivity contribution >= 4 is 26.8 Å². The number of nitrogens with zero attached hydrogens (tertiary/aromatic N) is 5. The molecule has 0 bridgehead atoms. The first-order valence-corrected chi connectivity index (χ1v) is 9.10. The number of halogens is 3. The summed E-state index contributed by atoms with van der Waals surface area (Å²) in [6, 6.07) is 8.17. The Morgan fingerprint density at radius 3 is 2.62 bits per heavy atom. The van der Waals surface area contributed by atoms with Gasteiger partial charge in [0.2, 0.25) is 5.89 Å². The highest BCUT2D eigenvalue weighted by atomic mass is 79.9. The SMILES string of the molecule is Cn1c(=O)n(Cc2ccc(-c3nnc(C(F)F)o3)cn2)c(=O)c2ccc(Br)cc21. The number of aryl methyl sites for hydroxylation is 1. The second kappa shape index (κ2) is 7.32. The fourth-order valence-corrected chi connectivity index (χ4v) is 3.21. The molecule has 0 N–H and O–H groups in total. The van der Waals surface area contributed by atoms with Crippen molar-refractivity contribution in [1.82, 2.24) is 24.3 Å². The number of benzene rings is 1. The standard InChI is InChI=1S/C18H12BrF2N5O3/c1-25-13-6-10(19)3-5-12(13)17(27)26(18(25)28)8-11-4-2-9(7-22-11)15-23-24-16(29-15)14(20)21/h2-7,14H,8H2,1H3. The smallest absolute Gasteiger partial charge is 0.331 e. The van der Waals surface area contributed by atoms with Gasteiger partial charge in [0.05, 0.1) is 28.7 Å². The molecule has 0 radical (unpaired) electrons. The molecule has 0 amide bonds. The van der Waals surface area contributed by atoms with Gasteiger partial charge >= 0.3 is 12.1 Å². The van der Waals surface area contributed by atoms with Crippen LogP contribution in [0.15, 0.2) is 55.0 Å². The van der Waals surface area contributed by atoms with Crippen LogP contribution in [0.3, 0.4) is 0 Å². The van der Waals surface area contributed by atoms with Crippen molar-refractivity contribution in [2.24, 2.45) is 7.05 Å². The summed E-state index contributed by atoms with van der Waals surface area (Å²) in [5.74, 6) is -0.870. The van der Waals surface area contributed by atoms with Crippen LogP contribution < -0.4 is 11.2 Å². The van der Waals surface area contributed by atoms with Crippen LogP contribution >= 0.6 is 15.9 Å². The van der Waals surface area contributed by atoms with Crippen LogP contribution in [0, 0.1) is 0 Å². The molecule has 1 aromatic carbocycles. The van der Waals surface area contributed by atoms with E-state index >= 15 is 0 Å². The number of rotatable bonds is 4. The second-order valence-corrected chi connectivity index (χ2v) is 7.09. The molecule has 11 heteroatoms. The van der Waals surface area contributed by atoms with Crippen LogP contribution in [-0.2, 0) is 13.6 Å². The molecule has 4 rings (SSSR count). The zero-order valence-electron chi connectivity index (χ0n) is 14.8. The van der Waals surface area contributed by atoms with Crippen molar-refractivity contribution < 1.29 is 13.2 Å². The number of pyridine rings is 1. The molecule has 0 unspecified atom stereocenters. The first-order valence-electron chi connectivity index (χ1n) is 8.31. The number of hydrogen-bond acceptors (Lipinski definition) is 6. The first-order chi connectivity index (χ1) is 13.8. The highest BCUT2D eigenvalue weighted by Crippen LogP contribution is 2.22. The van der Waals surface area contributed by atoms with E-state index in [4.69, 9.17) is 4.42 Å². The molecular formula is C18H12BrF2N5O3. The summed E-state index contributed by atoms with van der Waals surface area (Å²) >= 11 is 3.33. The number of aromatic nitrogens is 5. The van der Waals surface area contributed by atoms with Crippen molar-refractivity contribution in [3.63, 3.8) is 0 Å². The molecule has 0 aliphatic heterocycles. The van der Waals surface area contributed by atoms with Crippen LogP contribution in [0.1, 0.15) is 18.0 Å². The highest BCUT2D eigenvalue weighted by molar-refractivity contribution is 9.10. The molecule has 0 aliphatic carbocycles. The Kier molecular flexibility index (Phi) is 4.82. The van der Waals surface area contributed by atoms with Gasteiger partial charge in [-0.1, -0.05) is 15.9 Å². The molecule has 0 saturated carbocycles. The van der Waals surface area contributed by atoms with E-state index in [-0.39, 0.29) is 12.4 Å². The average molecular weight is 464 g/mol. The largest absolute Gasteiger partial charge is 0.415 e. The molecule has 8 nitrogen and oxygen atoms in total. The Hall–Kier alpha value is -3.21. The third-order valence-electron chi connectivity index (χ3n) is 4.33. The summed E-state index contributed by atoms with van der Waals surface area (Å²) in [5, 5.41) is 7.22. The van der Waals surface area contributed by atoms with Gasteiger partial charge in [0.1, 0.15) is 0 Å². The Morgan fingerprint density at radius 2 is 1.97 bits per heavy atom. The van der Waals surface area contributed by atoms with Crippen molar-refractivity contribution in [2.45, 2.75) is 13.0 Å². The molecule has 29 heavy (non-hydrogen) atoms. The van der Waals surface area contributed by atoms with E-state index in [2.05, 4.69) is 31.1 Å². The molecule has 0 spiro atoms. The predicted molar refractivity (Wildman–Crippen MR) is 103 cm³/mol. The summed E-state index contributed by atoms with van der Waals surface area (Å²) in [4.78, 5) is 29.6. The third-order valence-corrected chi connectivity index (χ3v) is 4.83. The summed E-state index contributed by atoms with van der Waals surface area (Å²) in [6.45, 7) is -0.0517. The topological polar surface area (TPSA) is 95.8 Å². The Morgan fingerprint density at radius 1 is 1.17 bits per heavy atom. The molecule has 3 aromatic heterocycles. The maximum absolute atomic E-state index is 12.8. The van der Waals surface area contributed by atoms with E-state index in [1.165, 1.54) is 10.8 Å². The molecule has 0 aliphatic rings. The van der Waals surface area contributed by atoms with E-state index in [0.29, 0.717) is 22.2 Å². The van der Waals surface area contributed by atoms with Crippen molar-refractivity contribution in [3.8, 4) is 11.5 Å². The van der Waals surface area contributed by atoms with E-state index in [1.807, 2.05) is 0 Å². The molecule has 148 valence electrons. The third kappa shape index (κ3) is 3.48. The Labute approximate surface area is 169 Å². The lowest BCUT2D eigenvalue weighted by Crippen LogP contribution is -2.39. The van der Waals surface area contributed by atoms with Gasteiger partial charge in [-0.25, -0.2) is 4.79 Å². The van der Waals surface area contributed by atoms with Crippen LogP contribution in [-0.4, -0.2) is 24.3 Å². The van der Waals surface area contributed by atoms with Gasteiger partial charge in [0, 0.05) is 17.7 Å². The maximum atomic E-state index is 12.8. The fraction of sp³-hybridized carbons (Fsp3) is 0.167. The Bertz CT molecular complexity index is 1330. The van der Waals surface area contributed by atoms with Crippen LogP contribution in [0.5, 0.6) is 0 Å². The summed E-state index contributed by atoms with van der Waals surface area (Å²) in [6.07, 6.45) is -1.51. The minimum absolute atomic E-state index is 0.0517. The fourth-order valence-electron chi connectivity index (χ4n) is 2.86. The van der Waals surface area contributed by atoms with E-state index in [1.54, 1.807) is 37.4 Å². The van der Waals surface area contributed by atoms with Gasteiger partial charge in [-0.05, 0) is 30.3 Å². The van der Waals surface area contributed by atoms with Crippen molar-refractivity contribution in [3.05, 3.63) is 73.4 Å². The molecule has 4 aromatic rings. The van der Waals surface area contributed by atoms with E-state index in [9.17, 15) is 18.4 Å². The van der Waals surface area contributed by atoms with Gasteiger partial charge < -0.3 is 4.42 Å². The van der Waals surface area contributed by atoms with Crippen molar-refractivity contribution in [2.75, 3.05) is 0 Å². The second-order valence-electron chi connectivity index (χ2n) is 6.18. The van der Waals surface area contributed by atoms with Crippen LogP contribution in [0.25, 0.3) is 22.4 Å². The van der Waals surface area contributed by atoms with Crippen molar-refractivity contribution in [1.29, 1.82) is 0 Å². The minimum Gasteiger partial charge on any atom is -0.415 e. The van der Waals surface area contributed by atoms with Crippen LogP contribution in [0.4, 0.5) is 8.78 Å². The molecule has 0 fully saturated rings. The average Bonchev–Trinajstić information content (AvgIpc) is 3.20. The quantitative estimate of drug-likeness (QED) is 0.461. The lowest BCUT2D eigenvalue weighted by Gasteiger charge is -2.11. The normalized spacial score (nSPS) is 11.5. The molecule has 3 heterocycles. The zero-order valence-corrected chi connectivity index (χ0v) is 16.4. The summed E-state index contributed by atoms with van der Waals surface area (Å²) in [7, 11) is 1.58. The molecular weight excluding hydrogens is 452 g/mol. The van der Waals surface area contributed by atoms with Gasteiger partial charge in [-0.3, -0.25) is 18.9 Å². The number of hydrogen-bond donors (Lipinski definition) is 0. The van der Waals surface area contributed by atoms with Gasteiger partial charge in [0.25, 0.3) is 11.4 Å². The van der Waals surface area contributed by atoms with E-state index < -0.39 is 23.6 Å². The van der Waals surface area contributed by atoms with Crippen LogP contribution in [0.2, 0.25) is 0 Å². The number of fused-ring (bicyclic) bond motifs is 1. The van der Waals surface area contributed by atoms with Gasteiger partial charge in [-0.15, -0.1) is 10.2 Å². The first kappa shape index (κ1) is 19.1. The monoisotopic (exact) mass is 463 g/mol. The zero-order chi connectivity index (χ0) is 20.7. The lowest BCUT2D eigenvalue weighted by atomic mass is 10.2. The minimum atomic E-state index is -2.86. The molecule has 0 saturated heterocycles. The highest BCUT2D eigenvalue weighted by Gasteiger charge is 2.17. The van der Waals surface area contributed by atoms with E-state index in [0.717, 1.165) is 9.04 Å². The Balaban J connectivity index is 1.69. The van der Waals surface area contributed by atoms with Gasteiger partial charge in [-0.2, -0.15) is 8.78 Å². The van der Waals surface area contributed by atoms with Gasteiger partial charge in [0.15, 0.2) is 0 Å².